The second-order valence-corrected chi connectivity index (χ2v) is 8.40. The lowest BCUT2D eigenvalue weighted by Gasteiger charge is -2.31. The number of nitrogens with one attached hydrogen (secondary N) is 1. The average Bonchev–Trinajstić information content (AvgIpc) is 3.25. The van der Waals surface area contributed by atoms with Crippen LogP contribution in [-0.4, -0.2) is 41.6 Å². The number of piperidine rings is 1. The van der Waals surface area contributed by atoms with Gasteiger partial charge in [0.2, 0.25) is 11.8 Å². The fourth-order valence-electron chi connectivity index (χ4n) is 4.64. The fraction of sp³-hybridized carbons (Fsp3) is 0.280. The van der Waals surface area contributed by atoms with Crippen molar-refractivity contribution in [3.05, 3.63) is 70.7 Å². The van der Waals surface area contributed by atoms with Crippen LogP contribution in [0.1, 0.15) is 45.8 Å². The third kappa shape index (κ3) is 4.21. The molecule has 0 aliphatic carbocycles. The van der Waals surface area contributed by atoms with Gasteiger partial charge in [-0.05, 0) is 60.7 Å². The van der Waals surface area contributed by atoms with Crippen LogP contribution in [0.15, 0.2) is 42.6 Å². The highest BCUT2D eigenvalue weighted by Crippen LogP contribution is 2.34. The van der Waals surface area contributed by atoms with E-state index < -0.39 is 11.7 Å². The number of fused-ring (bicyclic) bond motifs is 2. The van der Waals surface area contributed by atoms with E-state index in [0.717, 1.165) is 29.3 Å². The van der Waals surface area contributed by atoms with Crippen LogP contribution in [0.3, 0.4) is 0 Å². The van der Waals surface area contributed by atoms with E-state index in [9.17, 15) is 14.0 Å². The molecule has 33 heavy (non-hydrogen) atoms. The maximum atomic E-state index is 13.9. The molecule has 1 fully saturated rings. The number of hydrogen-bond acceptors (Lipinski definition) is 4. The molecular weight excluding hydrogens is 425 g/mol. The Morgan fingerprint density at radius 3 is 2.79 bits per heavy atom. The summed E-state index contributed by atoms with van der Waals surface area (Å²) in [5.74, 6) is -0.130. The normalized spacial score (nSPS) is 16.7. The first-order valence-electron chi connectivity index (χ1n) is 10.9. The third-order valence-electron chi connectivity index (χ3n) is 6.35. The fourth-order valence-corrected chi connectivity index (χ4v) is 4.64. The molecule has 0 atom stereocenters. The second-order valence-electron chi connectivity index (χ2n) is 8.40. The quantitative estimate of drug-likeness (QED) is 0.594. The number of carbonyl (C=O) groups excluding carboxylic acids is 2. The Morgan fingerprint density at radius 2 is 2.00 bits per heavy atom. The summed E-state index contributed by atoms with van der Waals surface area (Å²) in [4.78, 5) is 29.4. The maximum Gasteiger partial charge on any atom is 0.248 e. The minimum Gasteiger partial charge on any atom is -0.467 e. The largest absolute Gasteiger partial charge is 0.467 e. The van der Waals surface area contributed by atoms with Gasteiger partial charge < -0.3 is 25.1 Å². The Bertz CT molecular complexity index is 1260. The van der Waals surface area contributed by atoms with E-state index in [1.165, 1.54) is 18.2 Å². The number of amides is 2. The molecule has 8 heteroatoms. The van der Waals surface area contributed by atoms with Gasteiger partial charge in [0.25, 0.3) is 0 Å². The first-order valence-corrected chi connectivity index (χ1v) is 10.9. The number of rotatable bonds is 4. The number of halogens is 1. The highest BCUT2D eigenvalue weighted by Gasteiger charge is 2.25. The van der Waals surface area contributed by atoms with Crippen molar-refractivity contribution in [2.24, 2.45) is 5.73 Å². The van der Waals surface area contributed by atoms with Crippen LogP contribution in [0.25, 0.3) is 17.0 Å². The van der Waals surface area contributed by atoms with Crippen LogP contribution in [0, 0.1) is 5.82 Å². The highest BCUT2D eigenvalue weighted by molar-refractivity contribution is 5.98. The number of nitrogens with zero attached hydrogens (tertiary/aromatic N) is 1. The molecule has 0 bridgehead atoms. The van der Waals surface area contributed by atoms with Crippen molar-refractivity contribution in [1.82, 2.24) is 9.88 Å². The molecule has 5 rings (SSSR count). The van der Waals surface area contributed by atoms with Crippen molar-refractivity contribution >= 4 is 28.8 Å². The van der Waals surface area contributed by atoms with Crippen molar-refractivity contribution in [1.29, 1.82) is 0 Å². The van der Waals surface area contributed by atoms with E-state index in [1.54, 1.807) is 17.0 Å². The number of aromatic nitrogens is 1. The Morgan fingerprint density at radius 1 is 1.18 bits per heavy atom. The van der Waals surface area contributed by atoms with Gasteiger partial charge in [0.05, 0.1) is 6.61 Å². The van der Waals surface area contributed by atoms with Crippen LogP contribution in [0.4, 0.5) is 4.39 Å². The van der Waals surface area contributed by atoms with Crippen LogP contribution in [0.2, 0.25) is 0 Å². The standard InChI is InChI=1S/C25H24FN3O4/c26-19-9-16(24-18(10-19)13-32-14-33-24)2-4-23(30)29-7-5-15(6-8-29)21-12-28-22-3-1-17(25(27)31)11-20(21)22/h1-4,9-12,15,28H,5-8,13-14H2,(H2,27,31)/b4-2+. The van der Waals surface area contributed by atoms with E-state index in [2.05, 4.69) is 4.98 Å². The molecule has 3 aromatic rings. The number of H-pyrrole nitrogens is 1. The lowest BCUT2D eigenvalue weighted by Crippen LogP contribution is -2.36. The molecule has 0 spiro atoms. The molecule has 3 N–H and O–H groups in total. The van der Waals surface area contributed by atoms with E-state index in [0.29, 0.717) is 35.5 Å². The van der Waals surface area contributed by atoms with Gasteiger partial charge in [-0.15, -0.1) is 0 Å². The van der Waals surface area contributed by atoms with Crippen LogP contribution in [-0.2, 0) is 16.1 Å². The zero-order valence-electron chi connectivity index (χ0n) is 18.0. The Hall–Kier alpha value is -3.65. The molecule has 170 valence electrons. The van der Waals surface area contributed by atoms with Crippen molar-refractivity contribution in [2.75, 3.05) is 19.9 Å². The molecule has 1 aromatic heterocycles. The average molecular weight is 449 g/mol. The van der Waals surface area contributed by atoms with Gasteiger partial charge in [0.15, 0.2) is 6.79 Å². The minimum absolute atomic E-state index is 0.107. The number of benzene rings is 2. The number of carbonyl (C=O) groups is 2. The highest BCUT2D eigenvalue weighted by atomic mass is 19.1. The van der Waals surface area contributed by atoms with Gasteiger partial charge in [-0.2, -0.15) is 0 Å². The predicted molar refractivity (Wildman–Crippen MR) is 121 cm³/mol. The predicted octanol–water partition coefficient (Wildman–Crippen LogP) is 3.69. The summed E-state index contributed by atoms with van der Waals surface area (Å²) in [7, 11) is 0. The number of nitrogens with two attached hydrogens (primary N) is 1. The van der Waals surface area contributed by atoms with E-state index in [-0.39, 0.29) is 25.2 Å². The summed E-state index contributed by atoms with van der Waals surface area (Å²) in [6.45, 7) is 1.61. The van der Waals surface area contributed by atoms with Crippen LogP contribution >= 0.6 is 0 Å². The molecule has 0 radical (unpaired) electrons. The lowest BCUT2D eigenvalue weighted by molar-refractivity contribution is -0.126. The van der Waals surface area contributed by atoms with Gasteiger partial charge in [-0.1, -0.05) is 0 Å². The summed E-state index contributed by atoms with van der Waals surface area (Å²) in [5.41, 5.74) is 9.18. The maximum absolute atomic E-state index is 13.9. The molecule has 1 saturated heterocycles. The summed E-state index contributed by atoms with van der Waals surface area (Å²) in [6, 6.07) is 8.15. The second kappa shape index (κ2) is 8.71. The van der Waals surface area contributed by atoms with Crippen molar-refractivity contribution in [2.45, 2.75) is 25.4 Å². The molecule has 0 unspecified atom stereocenters. The Labute approximate surface area is 190 Å². The zero-order chi connectivity index (χ0) is 22.9. The third-order valence-corrected chi connectivity index (χ3v) is 6.35. The molecule has 0 saturated carbocycles. The number of hydrogen-bond donors (Lipinski definition) is 2. The first kappa shape index (κ1) is 21.2. The Kier molecular flexibility index (Phi) is 5.60. The topological polar surface area (TPSA) is 97.7 Å². The molecule has 2 aromatic carbocycles. The monoisotopic (exact) mass is 449 g/mol. The molecule has 2 amide bonds. The Balaban J connectivity index is 1.27. The first-order chi connectivity index (χ1) is 16.0. The number of primary amides is 1. The number of ether oxygens (including phenoxy) is 2. The van der Waals surface area contributed by atoms with Gasteiger partial charge in [0.1, 0.15) is 11.6 Å². The summed E-state index contributed by atoms with van der Waals surface area (Å²) < 4.78 is 24.6. The van der Waals surface area contributed by atoms with Crippen molar-refractivity contribution < 1.29 is 23.5 Å². The molecular formula is C25H24FN3O4. The van der Waals surface area contributed by atoms with Gasteiger partial charge in [-0.25, -0.2) is 4.39 Å². The summed E-state index contributed by atoms with van der Waals surface area (Å²) in [6.07, 6.45) is 6.67. The van der Waals surface area contributed by atoms with Crippen molar-refractivity contribution in [3.63, 3.8) is 0 Å². The van der Waals surface area contributed by atoms with E-state index in [1.807, 2.05) is 18.3 Å². The molecule has 2 aliphatic heterocycles. The minimum atomic E-state index is -0.450. The van der Waals surface area contributed by atoms with Crippen molar-refractivity contribution in [3.8, 4) is 5.75 Å². The van der Waals surface area contributed by atoms with Crippen LogP contribution < -0.4 is 10.5 Å². The number of likely N-dealkylation sites (tertiary alicyclic amines) is 1. The summed E-state index contributed by atoms with van der Waals surface area (Å²) >= 11 is 0. The van der Waals surface area contributed by atoms with Gasteiger partial charge in [0, 0.05) is 53.0 Å². The zero-order valence-corrected chi connectivity index (χ0v) is 18.0. The molecule has 2 aliphatic rings. The van der Waals surface area contributed by atoms with Gasteiger partial charge in [-0.3, -0.25) is 9.59 Å². The smallest absolute Gasteiger partial charge is 0.248 e. The SMILES string of the molecule is NC(=O)c1ccc2[nH]cc(C3CCN(C(=O)/C=C/c4cc(F)cc5c4OCOC5)CC3)c2c1. The van der Waals surface area contributed by atoms with E-state index >= 15 is 0 Å². The van der Waals surface area contributed by atoms with Crippen LogP contribution in [0.5, 0.6) is 5.75 Å². The number of aromatic amines is 1. The lowest BCUT2D eigenvalue weighted by atomic mass is 9.89. The summed E-state index contributed by atoms with van der Waals surface area (Å²) in [5, 5.41) is 0.996. The van der Waals surface area contributed by atoms with Gasteiger partial charge >= 0.3 is 0 Å². The molecule has 7 nitrogen and oxygen atoms in total. The molecule has 3 heterocycles. The van der Waals surface area contributed by atoms with E-state index in [4.69, 9.17) is 15.2 Å².